The van der Waals surface area contributed by atoms with E-state index in [2.05, 4.69) is 176 Å². The lowest BCUT2D eigenvalue weighted by Crippen LogP contribution is -2.21. The molecule has 7 aromatic carbocycles. The second kappa shape index (κ2) is 10.6. The van der Waals surface area contributed by atoms with Gasteiger partial charge in [0.25, 0.3) is 0 Å². The maximum Gasteiger partial charge on any atom is 0.140 e. The second-order valence-corrected chi connectivity index (χ2v) is 13.0. The van der Waals surface area contributed by atoms with Crippen LogP contribution in [0.2, 0.25) is 0 Å². The molecule has 2 nitrogen and oxygen atoms in total. The third-order valence-electron chi connectivity index (χ3n) is 9.79. The van der Waals surface area contributed by atoms with Crippen LogP contribution in [-0.2, 0) is 5.41 Å². The Bertz CT molecular complexity index is 2350. The summed E-state index contributed by atoms with van der Waals surface area (Å²) < 4.78 is 6.65. The summed E-state index contributed by atoms with van der Waals surface area (Å²) in [6, 6.07) is 58.8. The molecule has 0 saturated carbocycles. The molecular formula is C45H33NO. The monoisotopic (exact) mass is 603 g/mol. The Morgan fingerprint density at radius 3 is 1.66 bits per heavy atom. The van der Waals surface area contributed by atoms with Crippen LogP contribution in [0.3, 0.4) is 0 Å². The largest absolute Gasteiger partial charge is 0.456 e. The van der Waals surface area contributed by atoms with E-state index in [0.717, 1.165) is 27.9 Å². The van der Waals surface area contributed by atoms with Gasteiger partial charge in [-0.25, -0.2) is 0 Å². The lowest BCUT2D eigenvalue weighted by molar-refractivity contribution is 0.620. The number of nitrogens with zero attached hydrogens (tertiary/aromatic N) is 1. The molecule has 0 fully saturated rings. The Labute approximate surface area is 275 Å². The van der Waals surface area contributed by atoms with Crippen molar-refractivity contribution in [3.05, 3.63) is 175 Å². The van der Waals surface area contributed by atoms with E-state index in [-0.39, 0.29) is 5.41 Å². The van der Waals surface area contributed by atoms with Crippen molar-refractivity contribution in [2.24, 2.45) is 0 Å². The van der Waals surface area contributed by atoms with Gasteiger partial charge in [0.15, 0.2) is 0 Å². The van der Waals surface area contributed by atoms with Gasteiger partial charge in [-0.1, -0.05) is 135 Å². The summed E-state index contributed by atoms with van der Waals surface area (Å²) >= 11 is 0. The van der Waals surface area contributed by atoms with E-state index >= 15 is 0 Å². The van der Waals surface area contributed by atoms with Gasteiger partial charge in [-0.05, 0) is 81.4 Å². The molecule has 1 aliphatic carbocycles. The van der Waals surface area contributed by atoms with E-state index in [1.54, 1.807) is 0 Å². The van der Waals surface area contributed by atoms with Crippen molar-refractivity contribution in [3.63, 3.8) is 0 Å². The first-order valence-corrected chi connectivity index (χ1v) is 16.3. The highest BCUT2D eigenvalue weighted by Gasteiger charge is 2.41. The van der Waals surface area contributed by atoms with Gasteiger partial charge in [-0.3, -0.25) is 0 Å². The summed E-state index contributed by atoms with van der Waals surface area (Å²) in [6.45, 7) is 4.71. The Balaban J connectivity index is 1.29. The van der Waals surface area contributed by atoms with Gasteiger partial charge in [0, 0.05) is 33.1 Å². The van der Waals surface area contributed by atoms with Crippen LogP contribution in [0.25, 0.3) is 55.3 Å². The van der Waals surface area contributed by atoms with Gasteiger partial charge in [0.1, 0.15) is 11.2 Å². The summed E-state index contributed by atoms with van der Waals surface area (Å²) in [7, 11) is 0. The van der Waals surface area contributed by atoms with Crippen molar-refractivity contribution >= 4 is 39.0 Å². The first-order chi connectivity index (χ1) is 23.1. The standard InChI is InChI=1S/C45H33NO/c1-45(2)42-37(38-26-27-39-36-22-9-10-25-41(36)47-44(39)43(38)45)23-13-24-40(42)46(34-20-11-18-32(28-34)30-14-5-3-6-15-30)35-21-12-19-33(29-35)31-16-7-4-8-17-31/h3-29H,1-2H3. The summed E-state index contributed by atoms with van der Waals surface area (Å²) in [4.78, 5) is 2.45. The quantitative estimate of drug-likeness (QED) is 0.195. The van der Waals surface area contributed by atoms with Crippen LogP contribution in [-0.4, -0.2) is 0 Å². The molecule has 224 valence electrons. The predicted octanol–water partition coefficient (Wildman–Crippen LogP) is 12.7. The van der Waals surface area contributed by atoms with E-state index in [9.17, 15) is 0 Å². The van der Waals surface area contributed by atoms with Crippen LogP contribution < -0.4 is 4.90 Å². The number of rotatable bonds is 5. The summed E-state index contributed by atoms with van der Waals surface area (Å²) in [5, 5.41) is 2.33. The topological polar surface area (TPSA) is 16.4 Å². The van der Waals surface area contributed by atoms with Crippen LogP contribution in [0.4, 0.5) is 17.1 Å². The number of hydrogen-bond donors (Lipinski definition) is 0. The molecule has 0 N–H and O–H groups in total. The van der Waals surface area contributed by atoms with Crippen LogP contribution >= 0.6 is 0 Å². The lowest BCUT2D eigenvalue weighted by atomic mass is 9.80. The minimum Gasteiger partial charge on any atom is -0.456 e. The summed E-state index contributed by atoms with van der Waals surface area (Å²) in [6.07, 6.45) is 0. The van der Waals surface area contributed by atoms with Crippen LogP contribution in [0.1, 0.15) is 25.0 Å². The Hall–Kier alpha value is -5.86. The van der Waals surface area contributed by atoms with Crippen molar-refractivity contribution < 1.29 is 4.42 Å². The first-order valence-electron chi connectivity index (χ1n) is 16.3. The second-order valence-electron chi connectivity index (χ2n) is 13.0. The highest BCUT2D eigenvalue weighted by Crippen LogP contribution is 2.57. The normalized spacial score (nSPS) is 13.1. The fourth-order valence-electron chi connectivity index (χ4n) is 7.70. The molecule has 0 radical (unpaired) electrons. The number of anilines is 3. The number of benzene rings is 7. The molecule has 0 amide bonds. The van der Waals surface area contributed by atoms with Gasteiger partial charge in [-0.15, -0.1) is 0 Å². The molecule has 0 aliphatic heterocycles. The Kier molecular flexibility index (Phi) is 6.20. The number of hydrogen-bond acceptors (Lipinski definition) is 2. The van der Waals surface area contributed by atoms with Gasteiger partial charge < -0.3 is 9.32 Å². The molecule has 1 aliphatic rings. The fourth-order valence-corrected chi connectivity index (χ4v) is 7.70. The van der Waals surface area contributed by atoms with Crippen molar-refractivity contribution in [1.82, 2.24) is 0 Å². The van der Waals surface area contributed by atoms with Crippen molar-refractivity contribution in [3.8, 4) is 33.4 Å². The Morgan fingerprint density at radius 2 is 1.00 bits per heavy atom. The van der Waals surface area contributed by atoms with E-state index in [1.165, 1.54) is 55.6 Å². The van der Waals surface area contributed by atoms with Crippen LogP contribution in [0.5, 0.6) is 0 Å². The van der Waals surface area contributed by atoms with Crippen molar-refractivity contribution in [1.29, 1.82) is 0 Å². The molecule has 0 unspecified atom stereocenters. The van der Waals surface area contributed by atoms with Crippen molar-refractivity contribution in [2.75, 3.05) is 4.90 Å². The molecule has 8 aromatic rings. The molecule has 0 bridgehead atoms. The molecule has 47 heavy (non-hydrogen) atoms. The van der Waals surface area contributed by atoms with Crippen LogP contribution in [0.15, 0.2) is 168 Å². The highest BCUT2D eigenvalue weighted by molar-refractivity contribution is 6.09. The first kappa shape index (κ1) is 27.5. The molecule has 2 heteroatoms. The minimum atomic E-state index is -0.318. The molecule has 0 saturated heterocycles. The summed E-state index contributed by atoms with van der Waals surface area (Å²) in [5.41, 5.74) is 14.8. The van der Waals surface area contributed by atoms with Gasteiger partial charge in [0.05, 0.1) is 5.69 Å². The molecule has 0 atom stereocenters. The zero-order valence-corrected chi connectivity index (χ0v) is 26.4. The smallest absolute Gasteiger partial charge is 0.140 e. The summed E-state index contributed by atoms with van der Waals surface area (Å²) in [5.74, 6) is 0. The maximum absolute atomic E-state index is 6.65. The van der Waals surface area contributed by atoms with Gasteiger partial charge in [-0.2, -0.15) is 0 Å². The molecular weight excluding hydrogens is 571 g/mol. The predicted molar refractivity (Wildman–Crippen MR) is 197 cm³/mol. The molecule has 1 heterocycles. The van der Waals surface area contributed by atoms with Gasteiger partial charge in [0.2, 0.25) is 0 Å². The zero-order chi connectivity index (χ0) is 31.5. The molecule has 0 spiro atoms. The SMILES string of the molecule is CC1(C)c2c(cccc2N(c2cccc(-c3ccccc3)c2)c2cccc(-c3ccccc3)c2)-c2ccc3c(oc4ccccc43)c21. The average Bonchev–Trinajstić information content (AvgIpc) is 3.62. The highest BCUT2D eigenvalue weighted by atomic mass is 16.3. The average molecular weight is 604 g/mol. The van der Waals surface area contributed by atoms with E-state index in [1.807, 2.05) is 6.07 Å². The van der Waals surface area contributed by atoms with Crippen molar-refractivity contribution in [2.45, 2.75) is 19.3 Å². The zero-order valence-electron chi connectivity index (χ0n) is 26.4. The van der Waals surface area contributed by atoms with Gasteiger partial charge >= 0.3 is 0 Å². The van der Waals surface area contributed by atoms with E-state index in [4.69, 9.17) is 4.42 Å². The molecule has 1 aromatic heterocycles. The van der Waals surface area contributed by atoms with Crippen LogP contribution in [0, 0.1) is 0 Å². The lowest BCUT2D eigenvalue weighted by Gasteiger charge is -2.32. The number of furan rings is 1. The molecule has 9 rings (SSSR count). The third kappa shape index (κ3) is 4.33. The Morgan fingerprint density at radius 1 is 0.447 bits per heavy atom. The number of fused-ring (bicyclic) bond motifs is 7. The van der Waals surface area contributed by atoms with E-state index < -0.39 is 0 Å². The third-order valence-corrected chi connectivity index (χ3v) is 9.79. The van der Waals surface area contributed by atoms with E-state index in [0.29, 0.717) is 0 Å². The fraction of sp³-hybridized carbons (Fsp3) is 0.0667. The maximum atomic E-state index is 6.65. The minimum absolute atomic E-state index is 0.318. The number of para-hydroxylation sites is 1.